The zero-order valence-electron chi connectivity index (χ0n) is 21.5. The lowest BCUT2D eigenvalue weighted by atomic mass is 9.72. The van der Waals surface area contributed by atoms with E-state index in [0.717, 1.165) is 57.8 Å². The molecule has 0 aliphatic carbocycles. The molecule has 2 aliphatic heterocycles. The molecule has 4 heterocycles. The first-order valence-electron chi connectivity index (χ1n) is 12.6. The van der Waals surface area contributed by atoms with Gasteiger partial charge in [0, 0.05) is 20.1 Å². The lowest BCUT2D eigenvalue weighted by Crippen LogP contribution is -2.51. The molecule has 0 radical (unpaired) electrons. The van der Waals surface area contributed by atoms with Crippen LogP contribution in [0.5, 0.6) is 0 Å². The van der Waals surface area contributed by atoms with Gasteiger partial charge in [0.05, 0.1) is 5.69 Å². The van der Waals surface area contributed by atoms with E-state index in [1.54, 1.807) is 7.05 Å². The molecule has 1 spiro atoms. The zero-order valence-corrected chi connectivity index (χ0v) is 22.2. The van der Waals surface area contributed by atoms with Gasteiger partial charge in [0.2, 0.25) is 0 Å². The number of halogens is 4. The molecule has 6 nitrogen and oxygen atoms in total. The van der Waals surface area contributed by atoms with Crippen LogP contribution in [-0.4, -0.2) is 63.2 Å². The van der Waals surface area contributed by atoms with E-state index in [2.05, 4.69) is 35.8 Å². The lowest BCUT2D eigenvalue weighted by molar-refractivity contribution is -0.141. The molecule has 0 atom stereocenters. The Kier molecular flexibility index (Phi) is 7.45. The topological polar surface area (TPSA) is 54.3 Å². The van der Waals surface area contributed by atoms with Crippen molar-refractivity contribution in [1.29, 1.82) is 0 Å². The number of likely N-dealkylation sites (tertiary alicyclic amines) is 2. The lowest BCUT2D eigenvalue weighted by Gasteiger charge is -2.48. The van der Waals surface area contributed by atoms with Crippen molar-refractivity contribution in [3.05, 3.63) is 34.6 Å². The number of aryl methyl sites for hydroxylation is 1. The van der Waals surface area contributed by atoms with Gasteiger partial charge in [-0.25, -0.2) is 4.98 Å². The summed E-state index contributed by atoms with van der Waals surface area (Å²) in [6.45, 7) is 11.1. The highest BCUT2D eigenvalue weighted by Crippen LogP contribution is 2.41. The number of aromatic nitrogens is 3. The maximum Gasteiger partial charge on any atom is 0.433 e. The number of pyridine rings is 1. The molecule has 2 aromatic heterocycles. The van der Waals surface area contributed by atoms with E-state index in [-0.39, 0.29) is 33.4 Å². The molecule has 36 heavy (non-hydrogen) atoms. The number of hydrogen-bond donors (Lipinski definition) is 0. The normalized spacial score (nSPS) is 19.2. The Morgan fingerprint density at radius 3 is 2.44 bits per heavy atom. The maximum atomic E-state index is 13.7. The highest BCUT2D eigenvalue weighted by atomic mass is 35.5. The first-order valence-corrected chi connectivity index (χ1v) is 12.9. The first-order chi connectivity index (χ1) is 16.8. The van der Waals surface area contributed by atoms with Gasteiger partial charge in [0.1, 0.15) is 22.1 Å². The minimum atomic E-state index is -4.60. The molecule has 2 saturated heterocycles. The second kappa shape index (κ2) is 9.97. The fourth-order valence-corrected chi connectivity index (χ4v) is 5.50. The van der Waals surface area contributed by atoms with E-state index >= 15 is 0 Å². The summed E-state index contributed by atoms with van der Waals surface area (Å²) in [6.07, 6.45) is 0.582. The van der Waals surface area contributed by atoms with Crippen LogP contribution in [0.15, 0.2) is 18.2 Å². The summed E-state index contributed by atoms with van der Waals surface area (Å²) < 4.78 is 41.1. The number of hydrogen-bond acceptors (Lipinski definition) is 4. The van der Waals surface area contributed by atoms with E-state index in [1.807, 2.05) is 4.90 Å². The highest BCUT2D eigenvalue weighted by Gasteiger charge is 2.41. The van der Waals surface area contributed by atoms with Crippen LogP contribution in [0.2, 0.25) is 5.15 Å². The number of carbonyl (C=O) groups excluding carboxylic acids is 1. The largest absolute Gasteiger partial charge is 0.433 e. The van der Waals surface area contributed by atoms with Crippen LogP contribution < -0.4 is 0 Å². The predicted molar refractivity (Wildman–Crippen MR) is 134 cm³/mol. The molecule has 0 saturated carbocycles. The SMILES string of the molecule is Cn1nc(-c2cccc(C(F)(F)F)n2)c(C(=O)N2CCCC3(CCN(CCC(C)(C)C)CC3)C2)c1Cl. The first kappa shape index (κ1) is 26.9. The Bertz CT molecular complexity index is 1100. The number of rotatable bonds is 4. The van der Waals surface area contributed by atoms with E-state index in [4.69, 9.17) is 11.6 Å². The van der Waals surface area contributed by atoms with E-state index in [1.165, 1.54) is 16.8 Å². The summed E-state index contributed by atoms with van der Waals surface area (Å²) in [4.78, 5) is 21.8. The fourth-order valence-electron chi connectivity index (χ4n) is 5.29. The summed E-state index contributed by atoms with van der Waals surface area (Å²) in [5.74, 6) is -0.295. The highest BCUT2D eigenvalue weighted by molar-refractivity contribution is 6.33. The molecule has 10 heteroatoms. The minimum Gasteiger partial charge on any atom is -0.338 e. The Morgan fingerprint density at radius 2 is 1.81 bits per heavy atom. The number of carbonyl (C=O) groups is 1. The van der Waals surface area contributed by atoms with Crippen LogP contribution in [0, 0.1) is 10.8 Å². The average molecular weight is 526 g/mol. The van der Waals surface area contributed by atoms with E-state index in [9.17, 15) is 18.0 Å². The van der Waals surface area contributed by atoms with E-state index < -0.39 is 11.9 Å². The van der Waals surface area contributed by atoms with Gasteiger partial charge in [0.15, 0.2) is 0 Å². The summed E-state index contributed by atoms with van der Waals surface area (Å²) in [5.41, 5.74) is -0.487. The van der Waals surface area contributed by atoms with Gasteiger partial charge in [0.25, 0.3) is 5.91 Å². The standard InChI is InChI=1S/C26H35ClF3N5O/c1-24(2,3)10-14-34-15-11-25(12-16-34)9-6-13-35(17-25)23(36)20-21(32-33(4)22(20)27)18-7-5-8-19(31-18)26(28,29)30/h5,7-8H,6,9-17H2,1-4H3. The van der Waals surface area contributed by atoms with Gasteiger partial charge in [-0.1, -0.05) is 38.4 Å². The molecular formula is C26H35ClF3N5O. The van der Waals surface area contributed by atoms with Gasteiger partial charge in [-0.05, 0) is 74.7 Å². The molecular weight excluding hydrogens is 491 g/mol. The average Bonchev–Trinajstić information content (AvgIpc) is 3.11. The van der Waals surface area contributed by atoms with Crippen molar-refractivity contribution in [2.45, 2.75) is 59.1 Å². The van der Waals surface area contributed by atoms with Gasteiger partial charge < -0.3 is 9.80 Å². The minimum absolute atomic E-state index is 0.0189. The van der Waals surface area contributed by atoms with E-state index in [0.29, 0.717) is 18.5 Å². The molecule has 2 aromatic rings. The third-order valence-electron chi connectivity index (χ3n) is 7.52. The third kappa shape index (κ3) is 5.88. The number of piperidine rings is 2. The van der Waals surface area contributed by atoms with Crippen LogP contribution in [0.4, 0.5) is 13.2 Å². The van der Waals surface area contributed by atoms with Crippen LogP contribution >= 0.6 is 11.6 Å². The second-order valence-electron chi connectivity index (χ2n) is 11.5. The fraction of sp³-hybridized carbons (Fsp3) is 0.654. The van der Waals surface area contributed by atoms with Gasteiger partial charge in [-0.3, -0.25) is 9.48 Å². The van der Waals surface area contributed by atoms with Crippen LogP contribution in [0.25, 0.3) is 11.4 Å². The predicted octanol–water partition coefficient (Wildman–Crippen LogP) is 5.91. The quantitative estimate of drug-likeness (QED) is 0.498. The molecule has 198 valence electrons. The smallest absolute Gasteiger partial charge is 0.338 e. The molecule has 0 bridgehead atoms. The summed E-state index contributed by atoms with van der Waals surface area (Å²) >= 11 is 6.47. The molecule has 2 aliphatic rings. The van der Waals surface area contributed by atoms with Gasteiger partial charge in [-0.15, -0.1) is 0 Å². The zero-order chi connectivity index (χ0) is 26.3. The monoisotopic (exact) mass is 525 g/mol. The van der Waals surface area contributed by atoms with Crippen molar-refractivity contribution < 1.29 is 18.0 Å². The third-order valence-corrected chi connectivity index (χ3v) is 7.95. The molecule has 2 fully saturated rings. The maximum absolute atomic E-state index is 13.7. The summed E-state index contributed by atoms with van der Waals surface area (Å²) in [6, 6.07) is 3.60. The Labute approximate surface area is 215 Å². The number of nitrogens with zero attached hydrogens (tertiary/aromatic N) is 5. The second-order valence-corrected chi connectivity index (χ2v) is 11.9. The van der Waals surface area contributed by atoms with Gasteiger partial charge >= 0.3 is 6.18 Å². The summed E-state index contributed by atoms with van der Waals surface area (Å²) in [7, 11) is 1.57. The van der Waals surface area contributed by atoms with Crippen molar-refractivity contribution in [1.82, 2.24) is 24.6 Å². The Morgan fingerprint density at radius 1 is 1.11 bits per heavy atom. The number of amides is 1. The molecule has 0 aromatic carbocycles. The van der Waals surface area contributed by atoms with Crippen molar-refractivity contribution >= 4 is 17.5 Å². The van der Waals surface area contributed by atoms with Crippen molar-refractivity contribution in [2.75, 3.05) is 32.7 Å². The Balaban J connectivity index is 1.53. The van der Waals surface area contributed by atoms with Crippen molar-refractivity contribution in [3.8, 4) is 11.4 Å². The van der Waals surface area contributed by atoms with Crippen molar-refractivity contribution in [3.63, 3.8) is 0 Å². The Hall–Kier alpha value is -2.13. The van der Waals surface area contributed by atoms with Crippen LogP contribution in [-0.2, 0) is 13.2 Å². The van der Waals surface area contributed by atoms with Crippen LogP contribution in [0.3, 0.4) is 0 Å². The van der Waals surface area contributed by atoms with Crippen LogP contribution in [0.1, 0.15) is 68.9 Å². The molecule has 1 amide bonds. The van der Waals surface area contributed by atoms with Crippen molar-refractivity contribution in [2.24, 2.45) is 17.9 Å². The van der Waals surface area contributed by atoms with Gasteiger partial charge in [-0.2, -0.15) is 18.3 Å². The molecule has 0 N–H and O–H groups in total. The molecule has 0 unspecified atom stereocenters. The summed E-state index contributed by atoms with van der Waals surface area (Å²) in [5, 5.41) is 4.38. The molecule has 4 rings (SSSR count). The number of alkyl halides is 3.